The van der Waals surface area contributed by atoms with Crippen LogP contribution in [0.3, 0.4) is 0 Å². The monoisotopic (exact) mass is 283 g/mol. The number of rotatable bonds is 4. The summed E-state index contributed by atoms with van der Waals surface area (Å²) >= 11 is 0. The molecule has 3 rings (SSSR count). The van der Waals surface area contributed by atoms with E-state index in [4.69, 9.17) is 15.2 Å². The summed E-state index contributed by atoms with van der Waals surface area (Å²) in [7, 11) is 0. The van der Waals surface area contributed by atoms with Gasteiger partial charge in [-0.25, -0.2) is 0 Å². The first-order chi connectivity index (χ1) is 10.2. The minimum absolute atomic E-state index is 0.0151. The first-order valence-corrected chi connectivity index (χ1v) is 7.43. The van der Waals surface area contributed by atoms with Gasteiger partial charge in [-0.15, -0.1) is 0 Å². The van der Waals surface area contributed by atoms with Crippen LogP contribution in [0.15, 0.2) is 42.5 Å². The molecule has 3 heteroatoms. The van der Waals surface area contributed by atoms with Crippen molar-refractivity contribution in [2.24, 2.45) is 5.73 Å². The standard InChI is InChI=1S/C18H21NO2/c1-13-3-2-4-14(11-13)5-7-16(19)15-6-8-17-18(12-15)21-10-9-20-17/h2-4,6,8,11-12,16H,5,7,9-10,19H2,1H3. The summed E-state index contributed by atoms with van der Waals surface area (Å²) in [5, 5.41) is 0. The number of aryl methyl sites for hydroxylation is 2. The van der Waals surface area contributed by atoms with E-state index in [0.29, 0.717) is 13.2 Å². The largest absolute Gasteiger partial charge is 0.486 e. The Morgan fingerprint density at radius 2 is 1.86 bits per heavy atom. The van der Waals surface area contributed by atoms with Crippen molar-refractivity contribution >= 4 is 0 Å². The lowest BCUT2D eigenvalue weighted by atomic mass is 9.98. The van der Waals surface area contributed by atoms with Crippen molar-refractivity contribution in [2.45, 2.75) is 25.8 Å². The molecule has 0 saturated heterocycles. The highest BCUT2D eigenvalue weighted by Gasteiger charge is 2.14. The molecule has 0 amide bonds. The van der Waals surface area contributed by atoms with Crippen LogP contribution in [-0.4, -0.2) is 13.2 Å². The fraction of sp³-hybridized carbons (Fsp3) is 0.333. The van der Waals surface area contributed by atoms with Crippen molar-refractivity contribution < 1.29 is 9.47 Å². The van der Waals surface area contributed by atoms with Crippen molar-refractivity contribution in [3.8, 4) is 11.5 Å². The first-order valence-electron chi connectivity index (χ1n) is 7.43. The fourth-order valence-corrected chi connectivity index (χ4v) is 2.65. The summed E-state index contributed by atoms with van der Waals surface area (Å²) in [5.74, 6) is 1.63. The number of fused-ring (bicyclic) bond motifs is 1. The predicted octanol–water partition coefficient (Wildman–Crippen LogP) is 3.40. The van der Waals surface area contributed by atoms with Gasteiger partial charge in [0, 0.05) is 6.04 Å². The zero-order chi connectivity index (χ0) is 14.7. The van der Waals surface area contributed by atoms with Crippen LogP contribution in [0.1, 0.15) is 29.2 Å². The Morgan fingerprint density at radius 1 is 1.05 bits per heavy atom. The second-order valence-corrected chi connectivity index (χ2v) is 5.54. The Hall–Kier alpha value is -2.00. The van der Waals surface area contributed by atoms with E-state index < -0.39 is 0 Å². The highest BCUT2D eigenvalue weighted by molar-refractivity contribution is 5.44. The Bertz CT molecular complexity index is 624. The van der Waals surface area contributed by atoms with Gasteiger partial charge < -0.3 is 15.2 Å². The zero-order valence-corrected chi connectivity index (χ0v) is 12.3. The van der Waals surface area contributed by atoms with Gasteiger partial charge in [0.25, 0.3) is 0 Å². The van der Waals surface area contributed by atoms with Crippen molar-refractivity contribution in [3.05, 3.63) is 59.2 Å². The van der Waals surface area contributed by atoms with Gasteiger partial charge in [-0.3, -0.25) is 0 Å². The summed E-state index contributed by atoms with van der Waals surface area (Å²) in [6.07, 6.45) is 1.90. The van der Waals surface area contributed by atoms with Crippen molar-refractivity contribution in [2.75, 3.05) is 13.2 Å². The molecule has 1 heterocycles. The van der Waals surface area contributed by atoms with Crippen molar-refractivity contribution in [1.29, 1.82) is 0 Å². The SMILES string of the molecule is Cc1cccc(CCC(N)c2ccc3c(c2)OCCO3)c1. The summed E-state index contributed by atoms with van der Waals surface area (Å²) in [6.45, 7) is 3.34. The van der Waals surface area contributed by atoms with Crippen LogP contribution in [0.2, 0.25) is 0 Å². The van der Waals surface area contributed by atoms with Gasteiger partial charge in [0.05, 0.1) is 0 Å². The minimum Gasteiger partial charge on any atom is -0.486 e. The van der Waals surface area contributed by atoms with E-state index in [1.54, 1.807) is 0 Å². The predicted molar refractivity (Wildman–Crippen MR) is 83.9 cm³/mol. The number of hydrogen-bond acceptors (Lipinski definition) is 3. The molecule has 1 aliphatic rings. The van der Waals surface area contributed by atoms with Gasteiger partial charge >= 0.3 is 0 Å². The summed E-state index contributed by atoms with van der Waals surface area (Å²) in [5.41, 5.74) is 10.0. The average molecular weight is 283 g/mol. The molecule has 110 valence electrons. The van der Waals surface area contributed by atoms with Crippen LogP contribution in [0, 0.1) is 6.92 Å². The first kappa shape index (κ1) is 14.0. The normalized spacial score (nSPS) is 14.8. The molecule has 0 fully saturated rings. The maximum atomic E-state index is 6.32. The van der Waals surface area contributed by atoms with Crippen LogP contribution in [0.5, 0.6) is 11.5 Å². The lowest BCUT2D eigenvalue weighted by Crippen LogP contribution is -2.17. The minimum atomic E-state index is 0.0151. The zero-order valence-electron chi connectivity index (χ0n) is 12.3. The van der Waals surface area contributed by atoms with E-state index in [-0.39, 0.29) is 6.04 Å². The molecule has 2 aromatic rings. The fourth-order valence-electron chi connectivity index (χ4n) is 2.65. The topological polar surface area (TPSA) is 44.5 Å². The van der Waals surface area contributed by atoms with Crippen LogP contribution in [-0.2, 0) is 6.42 Å². The molecule has 0 saturated carbocycles. The molecule has 0 aromatic heterocycles. The second kappa shape index (κ2) is 6.19. The molecule has 1 unspecified atom stereocenters. The van der Waals surface area contributed by atoms with Crippen LogP contribution in [0.4, 0.5) is 0 Å². The molecule has 1 aliphatic heterocycles. The average Bonchev–Trinajstić information content (AvgIpc) is 2.52. The highest BCUT2D eigenvalue weighted by Crippen LogP contribution is 2.33. The van der Waals surface area contributed by atoms with Crippen molar-refractivity contribution in [3.63, 3.8) is 0 Å². The van der Waals surface area contributed by atoms with E-state index in [2.05, 4.69) is 31.2 Å². The Balaban J connectivity index is 1.66. The Labute approximate surface area is 125 Å². The van der Waals surface area contributed by atoms with Crippen molar-refractivity contribution in [1.82, 2.24) is 0 Å². The third kappa shape index (κ3) is 3.37. The molecular weight excluding hydrogens is 262 g/mol. The van der Waals surface area contributed by atoms with E-state index >= 15 is 0 Å². The molecule has 1 atom stereocenters. The molecule has 0 aliphatic carbocycles. The molecular formula is C18H21NO2. The van der Waals surface area contributed by atoms with Crippen LogP contribution < -0.4 is 15.2 Å². The lowest BCUT2D eigenvalue weighted by Gasteiger charge is -2.20. The highest BCUT2D eigenvalue weighted by atomic mass is 16.6. The Morgan fingerprint density at radius 3 is 2.67 bits per heavy atom. The molecule has 21 heavy (non-hydrogen) atoms. The molecule has 0 spiro atoms. The second-order valence-electron chi connectivity index (χ2n) is 5.54. The molecule has 2 aromatic carbocycles. The maximum absolute atomic E-state index is 6.32. The van der Waals surface area contributed by atoms with Gasteiger partial charge in [-0.2, -0.15) is 0 Å². The number of nitrogens with two attached hydrogens (primary N) is 1. The van der Waals surface area contributed by atoms with Gasteiger partial charge in [0.15, 0.2) is 11.5 Å². The third-order valence-corrected chi connectivity index (χ3v) is 3.82. The summed E-state index contributed by atoms with van der Waals surface area (Å²) < 4.78 is 11.1. The quantitative estimate of drug-likeness (QED) is 0.935. The number of hydrogen-bond donors (Lipinski definition) is 1. The van der Waals surface area contributed by atoms with Gasteiger partial charge in [0.2, 0.25) is 0 Å². The van der Waals surface area contributed by atoms with Gasteiger partial charge in [-0.1, -0.05) is 35.9 Å². The summed E-state index contributed by atoms with van der Waals surface area (Å²) in [4.78, 5) is 0. The smallest absolute Gasteiger partial charge is 0.161 e. The van der Waals surface area contributed by atoms with Crippen LogP contribution >= 0.6 is 0 Å². The van der Waals surface area contributed by atoms with E-state index in [0.717, 1.165) is 29.9 Å². The number of benzene rings is 2. The molecule has 2 N–H and O–H groups in total. The van der Waals surface area contributed by atoms with Crippen LogP contribution in [0.25, 0.3) is 0 Å². The number of ether oxygens (including phenoxy) is 2. The third-order valence-electron chi connectivity index (χ3n) is 3.82. The molecule has 0 radical (unpaired) electrons. The lowest BCUT2D eigenvalue weighted by molar-refractivity contribution is 0.171. The summed E-state index contributed by atoms with van der Waals surface area (Å²) in [6, 6.07) is 14.6. The molecule has 0 bridgehead atoms. The van der Waals surface area contributed by atoms with E-state index in [1.165, 1.54) is 11.1 Å². The van der Waals surface area contributed by atoms with E-state index in [1.807, 2.05) is 18.2 Å². The van der Waals surface area contributed by atoms with Gasteiger partial charge in [0.1, 0.15) is 13.2 Å². The molecule has 3 nitrogen and oxygen atoms in total. The maximum Gasteiger partial charge on any atom is 0.161 e. The van der Waals surface area contributed by atoms with E-state index in [9.17, 15) is 0 Å². The Kier molecular flexibility index (Phi) is 4.11. The van der Waals surface area contributed by atoms with Gasteiger partial charge in [-0.05, 0) is 43.0 Å².